The highest BCUT2D eigenvalue weighted by atomic mass is 16.2. The molecule has 104 valence electrons. The van der Waals surface area contributed by atoms with Crippen molar-refractivity contribution in [2.75, 3.05) is 13.1 Å². The first-order valence-corrected chi connectivity index (χ1v) is 7.61. The standard InChI is InChI=1S/C15H28N2O/c1-15(2)9-5-10-16-13(15)14(18)17-11-8-12-6-3-4-7-12/h12-13,16H,3-11H2,1-2H3,(H,17,18). The fraction of sp³-hybridized carbons (Fsp3) is 0.933. The maximum Gasteiger partial charge on any atom is 0.237 e. The summed E-state index contributed by atoms with van der Waals surface area (Å²) in [5.41, 5.74) is 0.0929. The van der Waals surface area contributed by atoms with Gasteiger partial charge < -0.3 is 10.6 Å². The van der Waals surface area contributed by atoms with Crippen molar-refractivity contribution in [3.05, 3.63) is 0 Å². The van der Waals surface area contributed by atoms with Gasteiger partial charge in [-0.3, -0.25) is 4.79 Å². The minimum absolute atomic E-state index is 0.00479. The Labute approximate surface area is 111 Å². The third-order valence-electron chi connectivity index (χ3n) is 4.72. The molecule has 0 aromatic rings. The van der Waals surface area contributed by atoms with Crippen molar-refractivity contribution in [2.45, 2.75) is 64.8 Å². The summed E-state index contributed by atoms with van der Waals surface area (Å²) in [5, 5.41) is 6.51. The van der Waals surface area contributed by atoms with Crippen molar-refractivity contribution in [1.29, 1.82) is 0 Å². The van der Waals surface area contributed by atoms with Crippen molar-refractivity contribution in [3.63, 3.8) is 0 Å². The molecule has 1 heterocycles. The highest BCUT2D eigenvalue weighted by molar-refractivity contribution is 5.82. The number of carbonyl (C=O) groups excluding carboxylic acids is 1. The van der Waals surface area contributed by atoms with Crippen LogP contribution in [0.4, 0.5) is 0 Å². The van der Waals surface area contributed by atoms with Gasteiger partial charge in [0, 0.05) is 6.54 Å². The van der Waals surface area contributed by atoms with E-state index in [0.29, 0.717) is 0 Å². The summed E-state index contributed by atoms with van der Waals surface area (Å²) in [6, 6.07) is -0.00479. The zero-order valence-electron chi connectivity index (χ0n) is 11.9. The number of hydrogen-bond acceptors (Lipinski definition) is 2. The maximum atomic E-state index is 12.2. The van der Waals surface area contributed by atoms with E-state index in [2.05, 4.69) is 24.5 Å². The molecule has 1 amide bonds. The van der Waals surface area contributed by atoms with Gasteiger partial charge in [0.15, 0.2) is 0 Å². The molecule has 1 aliphatic carbocycles. The lowest BCUT2D eigenvalue weighted by Crippen LogP contribution is -2.55. The molecule has 1 saturated carbocycles. The third kappa shape index (κ3) is 3.47. The van der Waals surface area contributed by atoms with E-state index in [1.54, 1.807) is 0 Å². The number of carbonyl (C=O) groups is 1. The highest BCUT2D eigenvalue weighted by Gasteiger charge is 2.36. The number of rotatable bonds is 4. The van der Waals surface area contributed by atoms with Crippen molar-refractivity contribution in [3.8, 4) is 0 Å². The fourth-order valence-corrected chi connectivity index (χ4v) is 3.46. The molecule has 3 heteroatoms. The minimum atomic E-state index is -0.00479. The summed E-state index contributed by atoms with van der Waals surface area (Å²) in [7, 11) is 0. The molecule has 2 fully saturated rings. The first-order chi connectivity index (χ1) is 8.59. The molecular formula is C15H28N2O. The molecule has 1 saturated heterocycles. The molecule has 2 aliphatic rings. The summed E-state index contributed by atoms with van der Waals surface area (Å²) >= 11 is 0. The Balaban J connectivity index is 1.73. The highest BCUT2D eigenvalue weighted by Crippen LogP contribution is 2.30. The Morgan fingerprint density at radius 2 is 2.00 bits per heavy atom. The summed E-state index contributed by atoms with van der Waals surface area (Å²) in [4.78, 5) is 12.2. The lowest BCUT2D eigenvalue weighted by molar-refractivity contribution is -0.126. The fourth-order valence-electron chi connectivity index (χ4n) is 3.46. The van der Waals surface area contributed by atoms with Gasteiger partial charge in [-0.25, -0.2) is 0 Å². The number of hydrogen-bond donors (Lipinski definition) is 2. The van der Waals surface area contributed by atoms with Gasteiger partial charge in [-0.2, -0.15) is 0 Å². The van der Waals surface area contributed by atoms with Crippen LogP contribution in [0.3, 0.4) is 0 Å². The van der Waals surface area contributed by atoms with Crippen LogP contribution in [-0.2, 0) is 4.79 Å². The van der Waals surface area contributed by atoms with Gasteiger partial charge in [0.2, 0.25) is 5.91 Å². The predicted molar refractivity (Wildman–Crippen MR) is 74.4 cm³/mol. The van der Waals surface area contributed by atoms with Crippen LogP contribution in [0, 0.1) is 11.3 Å². The van der Waals surface area contributed by atoms with Crippen LogP contribution >= 0.6 is 0 Å². The van der Waals surface area contributed by atoms with Crippen molar-refractivity contribution in [2.24, 2.45) is 11.3 Å². The van der Waals surface area contributed by atoms with Gasteiger partial charge in [0.25, 0.3) is 0 Å². The number of piperidine rings is 1. The zero-order chi connectivity index (χ0) is 13.0. The van der Waals surface area contributed by atoms with Crippen LogP contribution in [0.15, 0.2) is 0 Å². The molecule has 1 unspecified atom stereocenters. The number of nitrogens with one attached hydrogen (secondary N) is 2. The molecule has 2 rings (SSSR count). The van der Waals surface area contributed by atoms with E-state index in [4.69, 9.17) is 0 Å². The van der Waals surface area contributed by atoms with Gasteiger partial charge in [-0.1, -0.05) is 39.5 Å². The van der Waals surface area contributed by atoms with E-state index in [9.17, 15) is 4.79 Å². The van der Waals surface area contributed by atoms with Crippen LogP contribution in [0.25, 0.3) is 0 Å². The lowest BCUT2D eigenvalue weighted by Gasteiger charge is -2.38. The van der Waals surface area contributed by atoms with Crippen LogP contribution in [0.1, 0.15) is 58.8 Å². The molecule has 0 spiro atoms. The van der Waals surface area contributed by atoms with E-state index < -0.39 is 0 Å². The van der Waals surface area contributed by atoms with Gasteiger partial charge >= 0.3 is 0 Å². The molecule has 1 aliphatic heterocycles. The second kappa shape index (κ2) is 6.05. The predicted octanol–water partition coefficient (Wildman–Crippen LogP) is 2.46. The largest absolute Gasteiger partial charge is 0.355 e. The Bertz CT molecular complexity index is 282. The molecule has 1 atom stereocenters. The van der Waals surface area contributed by atoms with Crippen LogP contribution in [-0.4, -0.2) is 25.0 Å². The van der Waals surface area contributed by atoms with Crippen LogP contribution in [0.5, 0.6) is 0 Å². The van der Waals surface area contributed by atoms with Crippen LogP contribution in [0.2, 0.25) is 0 Å². The van der Waals surface area contributed by atoms with Gasteiger partial charge in [-0.15, -0.1) is 0 Å². The second-order valence-electron chi connectivity index (χ2n) is 6.71. The van der Waals surface area contributed by atoms with Gasteiger partial charge in [0.05, 0.1) is 6.04 Å². The van der Waals surface area contributed by atoms with Crippen molar-refractivity contribution in [1.82, 2.24) is 10.6 Å². The molecule has 3 nitrogen and oxygen atoms in total. The van der Waals surface area contributed by atoms with E-state index >= 15 is 0 Å². The molecule has 0 radical (unpaired) electrons. The average molecular weight is 252 g/mol. The van der Waals surface area contributed by atoms with E-state index in [1.165, 1.54) is 38.5 Å². The normalized spacial score (nSPS) is 28.2. The quantitative estimate of drug-likeness (QED) is 0.807. The summed E-state index contributed by atoms with van der Waals surface area (Å²) < 4.78 is 0. The third-order valence-corrected chi connectivity index (χ3v) is 4.72. The lowest BCUT2D eigenvalue weighted by atomic mass is 9.77. The monoisotopic (exact) mass is 252 g/mol. The van der Waals surface area contributed by atoms with Crippen LogP contribution < -0.4 is 10.6 Å². The van der Waals surface area contributed by atoms with E-state index in [-0.39, 0.29) is 17.4 Å². The van der Waals surface area contributed by atoms with E-state index in [1.807, 2.05) is 0 Å². The average Bonchev–Trinajstić information content (AvgIpc) is 2.81. The molecule has 0 bridgehead atoms. The van der Waals surface area contributed by atoms with Gasteiger partial charge in [0.1, 0.15) is 0 Å². The zero-order valence-corrected chi connectivity index (χ0v) is 11.9. The Hall–Kier alpha value is -0.570. The minimum Gasteiger partial charge on any atom is -0.355 e. The van der Waals surface area contributed by atoms with Crippen molar-refractivity contribution < 1.29 is 4.79 Å². The Morgan fingerprint density at radius 1 is 1.28 bits per heavy atom. The summed E-state index contributed by atoms with van der Waals surface area (Å²) in [6.07, 6.45) is 8.98. The Kier molecular flexibility index (Phi) is 4.66. The maximum absolute atomic E-state index is 12.2. The molecule has 2 N–H and O–H groups in total. The SMILES string of the molecule is CC1(C)CCCNC1C(=O)NCCC1CCCC1. The Morgan fingerprint density at radius 3 is 2.67 bits per heavy atom. The molecular weight excluding hydrogens is 224 g/mol. The smallest absolute Gasteiger partial charge is 0.237 e. The van der Waals surface area contributed by atoms with Gasteiger partial charge in [-0.05, 0) is 37.1 Å². The molecule has 0 aromatic carbocycles. The van der Waals surface area contributed by atoms with Crippen molar-refractivity contribution >= 4 is 5.91 Å². The summed E-state index contributed by atoms with van der Waals surface area (Å²) in [5.74, 6) is 1.07. The summed E-state index contributed by atoms with van der Waals surface area (Å²) in [6.45, 7) is 6.22. The number of amides is 1. The van der Waals surface area contributed by atoms with E-state index in [0.717, 1.165) is 25.4 Å². The molecule has 0 aromatic heterocycles. The topological polar surface area (TPSA) is 41.1 Å². The second-order valence-corrected chi connectivity index (χ2v) is 6.71. The first-order valence-electron chi connectivity index (χ1n) is 7.61. The first kappa shape index (κ1) is 13.9. The molecule has 18 heavy (non-hydrogen) atoms.